The van der Waals surface area contributed by atoms with E-state index >= 15 is 0 Å². The molecule has 0 saturated carbocycles. The average Bonchev–Trinajstić information content (AvgIpc) is 3.33. The van der Waals surface area contributed by atoms with E-state index < -0.39 is 15.8 Å². The molecule has 0 unspecified atom stereocenters. The van der Waals surface area contributed by atoms with Crippen LogP contribution in [0.15, 0.2) is 46.7 Å². The third kappa shape index (κ3) is 5.74. The van der Waals surface area contributed by atoms with E-state index in [1.54, 1.807) is 16.2 Å². The number of carbonyl (C=O) groups excluding carboxylic acids is 1. The zero-order valence-corrected chi connectivity index (χ0v) is 19.7. The van der Waals surface area contributed by atoms with Crippen LogP contribution in [0.1, 0.15) is 4.88 Å². The molecule has 10 heteroatoms. The summed E-state index contributed by atoms with van der Waals surface area (Å²) in [5, 5.41) is 2.11. The normalized spacial score (nSPS) is 19.3. The Kier molecular flexibility index (Phi) is 7.57. The standard InChI is InChI=1S/C22H29FN4O3S2/c23-19-3-5-21(6-4-19)32(29,30)27-15-13-26(14-16-27)22(28)18-25-11-9-24(10-12-25)8-7-20-2-1-17-31-20/h1-6,17H,7-16,18H2. The Balaban J connectivity index is 1.20. The third-order valence-electron chi connectivity index (χ3n) is 6.12. The number of amides is 1. The minimum atomic E-state index is -3.67. The van der Waals surface area contributed by atoms with E-state index in [1.165, 1.54) is 21.3 Å². The summed E-state index contributed by atoms with van der Waals surface area (Å²) >= 11 is 1.79. The van der Waals surface area contributed by atoms with Crippen molar-refractivity contribution < 1.29 is 17.6 Å². The van der Waals surface area contributed by atoms with Gasteiger partial charge in [0.05, 0.1) is 11.4 Å². The van der Waals surface area contributed by atoms with Crippen LogP contribution >= 0.6 is 11.3 Å². The first-order valence-electron chi connectivity index (χ1n) is 10.9. The van der Waals surface area contributed by atoms with Crippen LogP contribution in [-0.2, 0) is 21.2 Å². The predicted octanol–water partition coefficient (Wildman–Crippen LogP) is 1.58. The van der Waals surface area contributed by atoms with Crippen LogP contribution in [0.2, 0.25) is 0 Å². The van der Waals surface area contributed by atoms with E-state index in [0.717, 1.165) is 51.3 Å². The highest BCUT2D eigenvalue weighted by Gasteiger charge is 2.31. The molecule has 0 N–H and O–H groups in total. The Labute approximate surface area is 193 Å². The van der Waals surface area contributed by atoms with Crippen molar-refractivity contribution in [2.75, 3.05) is 65.4 Å². The predicted molar refractivity (Wildman–Crippen MR) is 123 cm³/mol. The third-order valence-corrected chi connectivity index (χ3v) is 8.97. The van der Waals surface area contributed by atoms with E-state index in [4.69, 9.17) is 0 Å². The Bertz CT molecular complexity index is 983. The summed E-state index contributed by atoms with van der Waals surface area (Å²) in [6, 6.07) is 9.11. The number of benzene rings is 1. The fourth-order valence-corrected chi connectivity index (χ4v) is 6.24. The van der Waals surface area contributed by atoms with E-state index in [0.29, 0.717) is 19.6 Å². The van der Waals surface area contributed by atoms with Gasteiger partial charge in [-0.1, -0.05) is 6.07 Å². The average molecular weight is 481 g/mol. The maximum Gasteiger partial charge on any atom is 0.243 e. The van der Waals surface area contributed by atoms with Gasteiger partial charge in [-0.15, -0.1) is 11.3 Å². The van der Waals surface area contributed by atoms with Gasteiger partial charge in [-0.05, 0) is 42.1 Å². The first-order chi connectivity index (χ1) is 15.4. The summed E-state index contributed by atoms with van der Waals surface area (Å²) in [6.07, 6.45) is 1.07. The molecular weight excluding hydrogens is 451 g/mol. The van der Waals surface area contributed by atoms with E-state index in [2.05, 4.69) is 27.3 Å². The molecule has 1 aromatic heterocycles. The minimum Gasteiger partial charge on any atom is -0.339 e. The summed E-state index contributed by atoms with van der Waals surface area (Å²) in [4.78, 5) is 20.6. The number of hydrogen-bond donors (Lipinski definition) is 0. The largest absolute Gasteiger partial charge is 0.339 e. The van der Waals surface area contributed by atoms with Crippen molar-refractivity contribution in [2.45, 2.75) is 11.3 Å². The number of hydrogen-bond acceptors (Lipinski definition) is 6. The summed E-state index contributed by atoms with van der Waals surface area (Å²) in [6.45, 7) is 6.34. The van der Waals surface area contributed by atoms with Crippen molar-refractivity contribution in [3.8, 4) is 0 Å². The number of halogens is 1. The summed E-state index contributed by atoms with van der Waals surface area (Å²) in [5.74, 6) is -0.418. The molecule has 0 bridgehead atoms. The van der Waals surface area contributed by atoms with E-state index in [9.17, 15) is 17.6 Å². The number of nitrogens with zero attached hydrogens (tertiary/aromatic N) is 4. The fourth-order valence-electron chi connectivity index (χ4n) is 4.12. The molecule has 0 aliphatic carbocycles. The fraction of sp³-hybridized carbons (Fsp3) is 0.500. The molecule has 1 aromatic carbocycles. The van der Waals surface area contributed by atoms with Crippen LogP contribution in [0.25, 0.3) is 0 Å². The van der Waals surface area contributed by atoms with Crippen molar-refractivity contribution in [1.29, 1.82) is 0 Å². The zero-order chi connectivity index (χ0) is 22.6. The van der Waals surface area contributed by atoms with Crippen LogP contribution in [0.3, 0.4) is 0 Å². The van der Waals surface area contributed by atoms with Crippen LogP contribution in [-0.4, -0.2) is 98.8 Å². The summed E-state index contributed by atoms with van der Waals surface area (Å²) in [7, 11) is -3.67. The van der Waals surface area contributed by atoms with Gasteiger partial charge in [0, 0.05) is 63.8 Å². The Morgan fingerprint density at radius 3 is 2.19 bits per heavy atom. The maximum absolute atomic E-state index is 13.1. The molecule has 174 valence electrons. The smallest absolute Gasteiger partial charge is 0.243 e. The molecule has 2 aliphatic heterocycles. The number of carbonyl (C=O) groups is 1. The highest BCUT2D eigenvalue weighted by molar-refractivity contribution is 7.89. The summed E-state index contributed by atoms with van der Waals surface area (Å²) in [5.41, 5.74) is 0. The first-order valence-corrected chi connectivity index (χ1v) is 13.2. The van der Waals surface area contributed by atoms with Crippen molar-refractivity contribution in [3.05, 3.63) is 52.5 Å². The molecule has 3 heterocycles. The first kappa shape index (κ1) is 23.3. The second-order valence-corrected chi connectivity index (χ2v) is 11.2. The van der Waals surface area contributed by atoms with Gasteiger partial charge in [0.2, 0.25) is 15.9 Å². The molecule has 0 spiro atoms. The molecule has 32 heavy (non-hydrogen) atoms. The van der Waals surface area contributed by atoms with E-state index in [1.807, 2.05) is 0 Å². The Morgan fingerprint density at radius 2 is 1.56 bits per heavy atom. The SMILES string of the molecule is O=C(CN1CCN(CCc2cccs2)CC1)N1CCN(S(=O)(=O)c2ccc(F)cc2)CC1. The quantitative estimate of drug-likeness (QED) is 0.602. The van der Waals surface area contributed by atoms with Gasteiger partial charge in [0.25, 0.3) is 0 Å². The topological polar surface area (TPSA) is 64.2 Å². The highest BCUT2D eigenvalue weighted by Crippen LogP contribution is 2.18. The lowest BCUT2D eigenvalue weighted by molar-refractivity contribution is -0.134. The maximum atomic E-state index is 13.1. The highest BCUT2D eigenvalue weighted by atomic mass is 32.2. The molecule has 0 atom stereocenters. The number of thiophene rings is 1. The number of piperazine rings is 2. The van der Waals surface area contributed by atoms with Gasteiger partial charge in [-0.3, -0.25) is 9.69 Å². The minimum absolute atomic E-state index is 0.0517. The molecule has 2 aliphatic rings. The van der Waals surface area contributed by atoms with Gasteiger partial charge in [0.1, 0.15) is 5.82 Å². The zero-order valence-electron chi connectivity index (χ0n) is 18.0. The Hall–Kier alpha value is -1.85. The molecule has 1 amide bonds. The van der Waals surface area contributed by atoms with E-state index in [-0.39, 0.29) is 23.9 Å². The van der Waals surface area contributed by atoms with Crippen LogP contribution in [0.4, 0.5) is 4.39 Å². The summed E-state index contributed by atoms with van der Waals surface area (Å²) < 4.78 is 40.0. The molecule has 2 saturated heterocycles. The van der Waals surface area contributed by atoms with Crippen LogP contribution < -0.4 is 0 Å². The van der Waals surface area contributed by atoms with Crippen molar-refractivity contribution in [3.63, 3.8) is 0 Å². The van der Waals surface area contributed by atoms with Crippen molar-refractivity contribution in [2.24, 2.45) is 0 Å². The molecular formula is C22H29FN4O3S2. The molecule has 0 radical (unpaired) electrons. The monoisotopic (exact) mass is 480 g/mol. The molecule has 7 nitrogen and oxygen atoms in total. The van der Waals surface area contributed by atoms with Crippen LogP contribution in [0.5, 0.6) is 0 Å². The second kappa shape index (κ2) is 10.4. The molecule has 4 rings (SSSR count). The van der Waals surface area contributed by atoms with Gasteiger partial charge >= 0.3 is 0 Å². The van der Waals surface area contributed by atoms with Gasteiger partial charge in [0.15, 0.2) is 0 Å². The molecule has 2 fully saturated rings. The van der Waals surface area contributed by atoms with Crippen molar-refractivity contribution >= 4 is 27.3 Å². The van der Waals surface area contributed by atoms with Crippen LogP contribution in [0, 0.1) is 5.82 Å². The van der Waals surface area contributed by atoms with Gasteiger partial charge < -0.3 is 9.80 Å². The second-order valence-electron chi connectivity index (χ2n) is 8.19. The lowest BCUT2D eigenvalue weighted by Gasteiger charge is -2.37. The Morgan fingerprint density at radius 1 is 0.906 bits per heavy atom. The van der Waals surface area contributed by atoms with Crippen molar-refractivity contribution in [1.82, 2.24) is 19.0 Å². The molecule has 2 aromatic rings. The van der Waals surface area contributed by atoms with Gasteiger partial charge in [-0.25, -0.2) is 12.8 Å². The number of rotatable bonds is 7. The lowest BCUT2D eigenvalue weighted by Crippen LogP contribution is -2.54. The van der Waals surface area contributed by atoms with Gasteiger partial charge in [-0.2, -0.15) is 4.31 Å². The number of sulfonamides is 1. The lowest BCUT2D eigenvalue weighted by atomic mass is 10.2.